The summed E-state index contributed by atoms with van der Waals surface area (Å²) < 4.78 is 15.9. The van der Waals surface area contributed by atoms with Crippen LogP contribution in [0.4, 0.5) is 0 Å². The quantitative estimate of drug-likeness (QED) is 0.651. The minimum Gasteiger partial charge on any atom is -0.497 e. The van der Waals surface area contributed by atoms with Gasteiger partial charge in [0.05, 0.1) is 20.8 Å². The zero-order valence-electron chi connectivity index (χ0n) is 16.4. The largest absolute Gasteiger partial charge is 0.497 e. The van der Waals surface area contributed by atoms with Crippen LogP contribution in [0.1, 0.15) is 11.1 Å². The molecule has 2 N–H and O–H groups in total. The number of hydrogen-bond acceptors (Lipinski definition) is 5. The first-order chi connectivity index (χ1) is 13.5. The Balaban J connectivity index is 1.68. The van der Waals surface area contributed by atoms with Gasteiger partial charge in [-0.2, -0.15) is 0 Å². The lowest BCUT2D eigenvalue weighted by atomic mass is 10.1. The summed E-state index contributed by atoms with van der Waals surface area (Å²) in [5, 5.41) is 5.30. The monoisotopic (exact) mass is 386 g/mol. The molecule has 0 bridgehead atoms. The number of carbonyl (C=O) groups is 2. The summed E-state index contributed by atoms with van der Waals surface area (Å²) in [6.07, 6.45) is 0.580. The second kappa shape index (κ2) is 10.8. The standard InChI is InChI=1S/C21H26N2O5/c1-15-4-6-17(7-5-15)28-14-21(25)23-13-20(24)22-11-10-16-12-18(26-2)8-9-19(16)27-3/h4-9,12H,10-11,13-14H2,1-3H3,(H,22,24)(H,23,25). The van der Waals surface area contributed by atoms with Crippen LogP contribution in [0.25, 0.3) is 0 Å². The van der Waals surface area contributed by atoms with Crippen molar-refractivity contribution in [3.63, 3.8) is 0 Å². The van der Waals surface area contributed by atoms with Gasteiger partial charge in [0.2, 0.25) is 5.91 Å². The van der Waals surface area contributed by atoms with Crippen molar-refractivity contribution in [1.82, 2.24) is 10.6 Å². The molecule has 0 fully saturated rings. The summed E-state index contributed by atoms with van der Waals surface area (Å²) in [4.78, 5) is 23.7. The number of ether oxygens (including phenoxy) is 3. The zero-order chi connectivity index (χ0) is 20.4. The van der Waals surface area contributed by atoms with Crippen molar-refractivity contribution in [2.75, 3.05) is 33.9 Å². The molecule has 0 unspecified atom stereocenters. The maximum absolute atomic E-state index is 11.9. The summed E-state index contributed by atoms with van der Waals surface area (Å²) >= 11 is 0. The minimum atomic E-state index is -0.356. The minimum absolute atomic E-state index is 0.106. The Kier molecular flexibility index (Phi) is 8.14. The van der Waals surface area contributed by atoms with Crippen LogP contribution in [0, 0.1) is 6.92 Å². The summed E-state index contributed by atoms with van der Waals surface area (Å²) in [7, 11) is 3.19. The number of hydrogen-bond donors (Lipinski definition) is 2. The van der Waals surface area contributed by atoms with Crippen molar-refractivity contribution in [2.45, 2.75) is 13.3 Å². The fourth-order valence-corrected chi connectivity index (χ4v) is 2.49. The van der Waals surface area contributed by atoms with Gasteiger partial charge in [-0.3, -0.25) is 9.59 Å². The van der Waals surface area contributed by atoms with Crippen LogP contribution in [0.3, 0.4) is 0 Å². The van der Waals surface area contributed by atoms with Gasteiger partial charge < -0.3 is 24.8 Å². The average molecular weight is 386 g/mol. The number of nitrogens with one attached hydrogen (secondary N) is 2. The van der Waals surface area contributed by atoms with Crippen molar-refractivity contribution >= 4 is 11.8 Å². The van der Waals surface area contributed by atoms with E-state index in [-0.39, 0.29) is 25.0 Å². The molecular formula is C21H26N2O5. The topological polar surface area (TPSA) is 85.9 Å². The molecule has 0 saturated carbocycles. The Morgan fingerprint density at radius 2 is 1.61 bits per heavy atom. The van der Waals surface area contributed by atoms with Crippen LogP contribution >= 0.6 is 0 Å². The molecule has 0 aliphatic carbocycles. The molecular weight excluding hydrogens is 360 g/mol. The second-order valence-electron chi connectivity index (χ2n) is 6.16. The third-order valence-electron chi connectivity index (χ3n) is 4.04. The smallest absolute Gasteiger partial charge is 0.258 e. The maximum Gasteiger partial charge on any atom is 0.258 e. The molecule has 7 heteroatoms. The van der Waals surface area contributed by atoms with Gasteiger partial charge in [-0.15, -0.1) is 0 Å². The van der Waals surface area contributed by atoms with Crippen molar-refractivity contribution in [3.05, 3.63) is 53.6 Å². The lowest BCUT2D eigenvalue weighted by molar-refractivity contribution is -0.127. The van der Waals surface area contributed by atoms with E-state index in [1.54, 1.807) is 26.4 Å². The van der Waals surface area contributed by atoms with Gasteiger partial charge in [0, 0.05) is 6.54 Å². The Hall–Kier alpha value is -3.22. The lowest BCUT2D eigenvalue weighted by Crippen LogP contribution is -2.39. The van der Waals surface area contributed by atoms with Crippen molar-refractivity contribution < 1.29 is 23.8 Å². The molecule has 0 radical (unpaired) electrons. The molecule has 0 aromatic heterocycles. The molecule has 28 heavy (non-hydrogen) atoms. The van der Waals surface area contributed by atoms with Crippen molar-refractivity contribution in [3.8, 4) is 17.2 Å². The average Bonchev–Trinajstić information content (AvgIpc) is 2.71. The number of amides is 2. The zero-order valence-corrected chi connectivity index (χ0v) is 16.4. The number of aryl methyl sites for hydroxylation is 1. The first kappa shape index (κ1) is 21.1. The van der Waals surface area contributed by atoms with E-state index in [4.69, 9.17) is 14.2 Å². The second-order valence-corrected chi connectivity index (χ2v) is 6.16. The third-order valence-corrected chi connectivity index (χ3v) is 4.04. The molecule has 0 spiro atoms. The third kappa shape index (κ3) is 6.83. The molecule has 2 aromatic rings. The fourth-order valence-electron chi connectivity index (χ4n) is 2.49. The predicted octanol–water partition coefficient (Wildman–Crippen LogP) is 1.87. The summed E-state index contributed by atoms with van der Waals surface area (Å²) in [6.45, 7) is 2.14. The van der Waals surface area contributed by atoms with E-state index in [9.17, 15) is 9.59 Å². The fraction of sp³-hybridized carbons (Fsp3) is 0.333. The van der Waals surface area contributed by atoms with Crippen LogP contribution in [-0.4, -0.2) is 45.7 Å². The van der Waals surface area contributed by atoms with E-state index >= 15 is 0 Å². The van der Waals surface area contributed by atoms with Crippen LogP contribution in [-0.2, 0) is 16.0 Å². The van der Waals surface area contributed by atoms with Gasteiger partial charge in [-0.1, -0.05) is 17.7 Å². The predicted molar refractivity (Wildman–Crippen MR) is 106 cm³/mol. The molecule has 2 aromatic carbocycles. The van der Waals surface area contributed by atoms with Crippen molar-refractivity contribution in [2.24, 2.45) is 0 Å². The highest BCUT2D eigenvalue weighted by molar-refractivity contribution is 5.85. The first-order valence-corrected chi connectivity index (χ1v) is 8.95. The summed E-state index contributed by atoms with van der Waals surface area (Å²) in [5.74, 6) is 1.44. The number of methoxy groups -OCH3 is 2. The van der Waals surface area contributed by atoms with Crippen LogP contribution in [0.2, 0.25) is 0 Å². The Morgan fingerprint density at radius 1 is 0.893 bits per heavy atom. The normalized spacial score (nSPS) is 10.1. The Labute approximate surface area is 165 Å². The number of benzene rings is 2. The molecule has 7 nitrogen and oxygen atoms in total. The van der Waals surface area contributed by atoms with Gasteiger partial charge in [0.25, 0.3) is 5.91 Å². The highest BCUT2D eigenvalue weighted by atomic mass is 16.5. The molecule has 2 amide bonds. The molecule has 0 heterocycles. The van der Waals surface area contributed by atoms with E-state index < -0.39 is 0 Å². The SMILES string of the molecule is COc1ccc(OC)c(CCNC(=O)CNC(=O)COc2ccc(C)cc2)c1. The molecule has 0 saturated heterocycles. The maximum atomic E-state index is 11.9. The Bertz CT molecular complexity index is 790. The van der Waals surface area contributed by atoms with Gasteiger partial charge in [0.1, 0.15) is 17.2 Å². The van der Waals surface area contributed by atoms with E-state index in [0.29, 0.717) is 18.7 Å². The van der Waals surface area contributed by atoms with E-state index in [1.807, 2.05) is 37.3 Å². The number of carbonyl (C=O) groups excluding carboxylic acids is 2. The molecule has 150 valence electrons. The van der Waals surface area contributed by atoms with Gasteiger partial charge in [-0.05, 0) is 49.2 Å². The lowest BCUT2D eigenvalue weighted by Gasteiger charge is -2.11. The van der Waals surface area contributed by atoms with Gasteiger partial charge in [-0.25, -0.2) is 0 Å². The highest BCUT2D eigenvalue weighted by Gasteiger charge is 2.08. The van der Waals surface area contributed by atoms with E-state index in [2.05, 4.69) is 10.6 Å². The van der Waals surface area contributed by atoms with Crippen molar-refractivity contribution in [1.29, 1.82) is 0 Å². The van der Waals surface area contributed by atoms with Crippen LogP contribution in [0.15, 0.2) is 42.5 Å². The molecule has 2 rings (SSSR count). The van der Waals surface area contributed by atoms with Gasteiger partial charge >= 0.3 is 0 Å². The summed E-state index contributed by atoms with van der Waals surface area (Å²) in [6, 6.07) is 12.9. The van der Waals surface area contributed by atoms with E-state index in [1.165, 1.54) is 0 Å². The van der Waals surface area contributed by atoms with Crippen LogP contribution < -0.4 is 24.8 Å². The van der Waals surface area contributed by atoms with E-state index in [0.717, 1.165) is 22.6 Å². The molecule has 0 aliphatic heterocycles. The highest BCUT2D eigenvalue weighted by Crippen LogP contribution is 2.24. The summed E-state index contributed by atoms with van der Waals surface area (Å²) in [5.41, 5.74) is 2.04. The molecule has 0 aliphatic rings. The number of rotatable bonds is 10. The van der Waals surface area contributed by atoms with Crippen LogP contribution in [0.5, 0.6) is 17.2 Å². The first-order valence-electron chi connectivity index (χ1n) is 8.95. The van der Waals surface area contributed by atoms with Gasteiger partial charge in [0.15, 0.2) is 6.61 Å². The molecule has 0 atom stereocenters. The Morgan fingerprint density at radius 3 is 2.29 bits per heavy atom.